The molecule has 0 saturated carbocycles. The van der Waals surface area contributed by atoms with E-state index in [1.807, 2.05) is 12.1 Å². The molecule has 2 aliphatic heterocycles. The number of rotatable bonds is 4. The molecular formula is C25H26Cl2FN3O2. The van der Waals surface area contributed by atoms with Crippen molar-refractivity contribution in [3.63, 3.8) is 0 Å². The highest BCUT2D eigenvalue weighted by atomic mass is 35.5. The molecule has 2 heterocycles. The van der Waals surface area contributed by atoms with Crippen molar-refractivity contribution in [3.8, 4) is 0 Å². The Morgan fingerprint density at radius 1 is 1.21 bits per heavy atom. The number of nitrogens with one attached hydrogen (secondary N) is 1. The fourth-order valence-corrected chi connectivity index (χ4v) is 5.57. The van der Waals surface area contributed by atoms with Crippen molar-refractivity contribution in [3.05, 3.63) is 75.5 Å². The van der Waals surface area contributed by atoms with Gasteiger partial charge in [-0.15, -0.1) is 0 Å². The van der Waals surface area contributed by atoms with Gasteiger partial charge in [0.1, 0.15) is 5.82 Å². The van der Waals surface area contributed by atoms with Crippen LogP contribution in [0.5, 0.6) is 0 Å². The number of fused-ring (bicyclic) bond motifs is 1. The summed E-state index contributed by atoms with van der Waals surface area (Å²) in [6.07, 6.45) is 1.64. The Kier molecular flexibility index (Phi) is 5.95. The first kappa shape index (κ1) is 23.6. The van der Waals surface area contributed by atoms with E-state index in [0.717, 1.165) is 5.56 Å². The van der Waals surface area contributed by atoms with Crippen LogP contribution in [0.2, 0.25) is 10.0 Å². The van der Waals surface area contributed by atoms with Crippen molar-refractivity contribution in [1.82, 2.24) is 9.80 Å². The number of nitrogens with zero attached hydrogens (tertiary/aromatic N) is 2. The molecule has 2 aromatic rings. The smallest absolute Gasteiger partial charge is 0.254 e. The molecule has 4 rings (SSSR count). The normalized spacial score (nSPS) is 21.7. The summed E-state index contributed by atoms with van der Waals surface area (Å²) < 4.78 is 15.2. The van der Waals surface area contributed by atoms with Crippen molar-refractivity contribution in [1.29, 1.82) is 0 Å². The van der Waals surface area contributed by atoms with Gasteiger partial charge in [0.25, 0.3) is 5.91 Å². The Hall–Kier alpha value is -2.57. The Bertz CT molecular complexity index is 1170. The second-order valence-corrected chi connectivity index (χ2v) is 10.2. The fraction of sp³-hybridized carbons (Fsp3) is 0.360. The van der Waals surface area contributed by atoms with Crippen molar-refractivity contribution < 1.29 is 14.0 Å². The van der Waals surface area contributed by atoms with Gasteiger partial charge in [0.15, 0.2) is 0 Å². The molecular weight excluding hydrogens is 464 g/mol. The standard InChI is InChI=1S/C25H26Cl2FN3O2/c1-5-20(32)31-11-10-25(14-31,21-19(28)9-8-18(26)22(21)27)29-15-6-7-17-16(12-15)23(33)30(4)13-24(17,2)3/h5-9,12,29H,1,10-11,13-14H2,2-4H3/t25-/m1/s1. The molecule has 2 aromatic carbocycles. The van der Waals surface area contributed by atoms with Crippen LogP contribution in [0.1, 0.15) is 41.8 Å². The Labute approximate surface area is 203 Å². The molecule has 1 atom stereocenters. The van der Waals surface area contributed by atoms with Crippen molar-refractivity contribution >= 4 is 40.7 Å². The van der Waals surface area contributed by atoms with E-state index in [-0.39, 0.29) is 39.4 Å². The number of anilines is 1. The summed E-state index contributed by atoms with van der Waals surface area (Å²) in [4.78, 5) is 28.6. The molecule has 0 radical (unpaired) electrons. The Morgan fingerprint density at radius 3 is 2.64 bits per heavy atom. The van der Waals surface area contributed by atoms with E-state index in [1.54, 1.807) is 22.9 Å². The highest BCUT2D eigenvalue weighted by molar-refractivity contribution is 6.42. The first-order valence-electron chi connectivity index (χ1n) is 10.7. The molecule has 2 aliphatic rings. The summed E-state index contributed by atoms with van der Waals surface area (Å²) in [7, 11) is 1.78. The number of amides is 2. The summed E-state index contributed by atoms with van der Waals surface area (Å²) in [5.74, 6) is -0.829. The van der Waals surface area contributed by atoms with E-state index in [0.29, 0.717) is 30.8 Å². The molecule has 1 N–H and O–H groups in total. The molecule has 5 nitrogen and oxygen atoms in total. The van der Waals surface area contributed by atoms with Crippen LogP contribution >= 0.6 is 23.2 Å². The van der Waals surface area contributed by atoms with Gasteiger partial charge < -0.3 is 15.1 Å². The number of benzene rings is 2. The molecule has 0 bridgehead atoms. The van der Waals surface area contributed by atoms with Crippen LogP contribution in [0, 0.1) is 5.82 Å². The molecule has 174 valence electrons. The first-order chi connectivity index (χ1) is 15.5. The lowest BCUT2D eigenvalue weighted by Gasteiger charge is -2.38. The van der Waals surface area contributed by atoms with E-state index < -0.39 is 11.4 Å². The molecule has 1 saturated heterocycles. The summed E-state index contributed by atoms with van der Waals surface area (Å²) in [5, 5.41) is 3.75. The van der Waals surface area contributed by atoms with Gasteiger partial charge in [0, 0.05) is 48.9 Å². The summed E-state index contributed by atoms with van der Waals surface area (Å²) in [6, 6.07) is 8.31. The third kappa shape index (κ3) is 4.00. The quantitative estimate of drug-likeness (QED) is 0.472. The van der Waals surface area contributed by atoms with Crippen LogP contribution in [-0.2, 0) is 15.7 Å². The number of hydrogen-bond donors (Lipinski definition) is 1. The predicted molar refractivity (Wildman–Crippen MR) is 130 cm³/mol. The van der Waals surface area contributed by atoms with E-state index in [2.05, 4.69) is 25.7 Å². The minimum absolute atomic E-state index is 0.0659. The van der Waals surface area contributed by atoms with E-state index >= 15 is 4.39 Å². The summed E-state index contributed by atoms with van der Waals surface area (Å²) >= 11 is 12.7. The van der Waals surface area contributed by atoms with Gasteiger partial charge in [0.2, 0.25) is 5.91 Å². The Balaban J connectivity index is 1.82. The van der Waals surface area contributed by atoms with E-state index in [9.17, 15) is 9.59 Å². The minimum Gasteiger partial charge on any atom is -0.374 e. The zero-order valence-corrected chi connectivity index (χ0v) is 20.4. The molecule has 0 unspecified atom stereocenters. The van der Waals surface area contributed by atoms with E-state index in [4.69, 9.17) is 23.2 Å². The highest BCUT2D eigenvalue weighted by Crippen LogP contribution is 2.44. The van der Waals surface area contributed by atoms with Crippen molar-refractivity contribution in [2.24, 2.45) is 0 Å². The van der Waals surface area contributed by atoms with Crippen LogP contribution in [-0.4, -0.2) is 48.3 Å². The van der Waals surface area contributed by atoms with E-state index in [1.165, 1.54) is 18.2 Å². The first-order valence-corrected chi connectivity index (χ1v) is 11.5. The SMILES string of the molecule is C=CC(=O)N1CC[C@](Nc2ccc3c(c2)C(=O)N(C)CC3(C)C)(c2c(F)ccc(Cl)c2Cl)C1. The summed E-state index contributed by atoms with van der Waals surface area (Å²) in [5.41, 5.74) is 1.18. The lowest BCUT2D eigenvalue weighted by atomic mass is 9.78. The maximum absolute atomic E-state index is 15.2. The van der Waals surface area contributed by atoms with Gasteiger partial charge in [-0.3, -0.25) is 9.59 Å². The number of halogens is 3. The van der Waals surface area contributed by atoms with Crippen LogP contribution in [0.15, 0.2) is 43.0 Å². The van der Waals surface area contributed by atoms with Gasteiger partial charge in [-0.2, -0.15) is 0 Å². The van der Waals surface area contributed by atoms with Crippen LogP contribution in [0.3, 0.4) is 0 Å². The lowest BCUT2D eigenvalue weighted by molar-refractivity contribution is -0.125. The summed E-state index contributed by atoms with van der Waals surface area (Å²) in [6.45, 7) is 8.94. The van der Waals surface area contributed by atoms with Gasteiger partial charge in [0.05, 0.1) is 15.6 Å². The molecule has 2 amide bonds. The van der Waals surface area contributed by atoms with Gasteiger partial charge >= 0.3 is 0 Å². The highest BCUT2D eigenvalue weighted by Gasteiger charge is 2.45. The van der Waals surface area contributed by atoms with Crippen LogP contribution in [0.25, 0.3) is 0 Å². The maximum Gasteiger partial charge on any atom is 0.254 e. The van der Waals surface area contributed by atoms with Crippen molar-refractivity contribution in [2.75, 3.05) is 32.0 Å². The van der Waals surface area contributed by atoms with Crippen molar-refractivity contribution in [2.45, 2.75) is 31.2 Å². The van der Waals surface area contributed by atoms with Crippen LogP contribution in [0.4, 0.5) is 10.1 Å². The number of likely N-dealkylation sites (tertiary alicyclic amines) is 1. The average molecular weight is 490 g/mol. The zero-order chi connectivity index (χ0) is 24.1. The molecule has 0 aliphatic carbocycles. The third-order valence-electron chi connectivity index (χ3n) is 6.62. The molecule has 0 spiro atoms. The second kappa shape index (κ2) is 8.33. The monoisotopic (exact) mass is 489 g/mol. The Morgan fingerprint density at radius 2 is 1.94 bits per heavy atom. The molecule has 33 heavy (non-hydrogen) atoms. The molecule has 1 fully saturated rings. The largest absolute Gasteiger partial charge is 0.374 e. The van der Waals surface area contributed by atoms with Crippen LogP contribution < -0.4 is 5.32 Å². The average Bonchev–Trinajstić information content (AvgIpc) is 3.18. The topological polar surface area (TPSA) is 52.7 Å². The number of carbonyl (C=O) groups is 2. The third-order valence-corrected chi connectivity index (χ3v) is 7.42. The fourth-order valence-electron chi connectivity index (χ4n) is 5.08. The second-order valence-electron chi connectivity index (χ2n) is 9.44. The number of hydrogen-bond acceptors (Lipinski definition) is 3. The number of likely N-dealkylation sites (N-methyl/N-ethyl adjacent to an activating group) is 1. The lowest BCUT2D eigenvalue weighted by Crippen LogP contribution is -2.45. The predicted octanol–water partition coefficient (Wildman–Crippen LogP) is 5.22. The molecule has 0 aromatic heterocycles. The maximum atomic E-state index is 15.2. The van der Waals surface area contributed by atoms with Gasteiger partial charge in [-0.05, 0) is 42.3 Å². The molecule has 8 heteroatoms. The van der Waals surface area contributed by atoms with Gasteiger partial charge in [-0.1, -0.05) is 49.7 Å². The zero-order valence-electron chi connectivity index (χ0n) is 18.8. The number of carbonyl (C=O) groups excluding carboxylic acids is 2. The van der Waals surface area contributed by atoms with Gasteiger partial charge in [-0.25, -0.2) is 4.39 Å². The minimum atomic E-state index is -1.03.